The molecular formula is C25H22ClN5O2S. The van der Waals surface area contributed by atoms with Crippen LogP contribution in [0.1, 0.15) is 16.7 Å². The Labute approximate surface area is 203 Å². The second-order valence-corrected chi connectivity index (χ2v) is 10.1. The van der Waals surface area contributed by atoms with Gasteiger partial charge in [-0.2, -0.15) is 4.98 Å². The highest BCUT2D eigenvalue weighted by Crippen LogP contribution is 2.30. The Morgan fingerprint density at radius 3 is 2.62 bits per heavy atom. The van der Waals surface area contributed by atoms with Crippen LogP contribution in [0.2, 0.25) is 5.02 Å². The fraction of sp³-hybridized carbons (Fsp3) is 0.120. The number of rotatable bonds is 3. The molecule has 4 aromatic rings. The molecular weight excluding hydrogens is 470 g/mol. The number of hydrogen-bond acceptors (Lipinski definition) is 6. The third kappa shape index (κ3) is 4.69. The van der Waals surface area contributed by atoms with E-state index in [-0.39, 0.29) is 4.90 Å². The molecule has 7 nitrogen and oxygen atoms in total. The van der Waals surface area contributed by atoms with Gasteiger partial charge < -0.3 is 10.6 Å². The van der Waals surface area contributed by atoms with E-state index in [2.05, 4.69) is 25.3 Å². The van der Waals surface area contributed by atoms with Gasteiger partial charge in [-0.15, -0.1) is 0 Å². The molecule has 172 valence electrons. The van der Waals surface area contributed by atoms with Gasteiger partial charge in [0, 0.05) is 11.4 Å². The molecule has 0 atom stereocenters. The standard InChI is InChI=1S/C25H22ClN5O2S/c1-16-5-2-3-8-23(16)34(32,33)31-22-12-11-20-14-18(22)10-9-17-6-4-7-19(13-17)29-25-27-15-21(26)24(28-20)30-25/h2-8,11-15,31H,9-10H2,1H3,(H2,27,28,29,30). The summed E-state index contributed by atoms with van der Waals surface area (Å²) in [6.07, 6.45) is 2.88. The minimum absolute atomic E-state index is 0.258. The molecule has 0 saturated heterocycles. The minimum atomic E-state index is -3.75. The van der Waals surface area contributed by atoms with Gasteiger partial charge >= 0.3 is 0 Å². The van der Waals surface area contributed by atoms with Crippen molar-refractivity contribution in [1.29, 1.82) is 0 Å². The van der Waals surface area contributed by atoms with Crippen LogP contribution >= 0.6 is 11.6 Å². The molecule has 34 heavy (non-hydrogen) atoms. The van der Waals surface area contributed by atoms with Crippen LogP contribution in [-0.4, -0.2) is 18.4 Å². The number of benzene rings is 3. The second kappa shape index (κ2) is 8.96. The first-order valence-corrected chi connectivity index (χ1v) is 12.6. The lowest BCUT2D eigenvalue weighted by Gasteiger charge is -2.16. The van der Waals surface area contributed by atoms with Gasteiger partial charge in [0.1, 0.15) is 5.02 Å². The summed E-state index contributed by atoms with van der Waals surface area (Å²) < 4.78 is 29.1. The zero-order chi connectivity index (χ0) is 23.7. The van der Waals surface area contributed by atoms with Crippen molar-refractivity contribution in [3.05, 3.63) is 94.6 Å². The van der Waals surface area contributed by atoms with Gasteiger partial charge in [-0.1, -0.05) is 41.9 Å². The van der Waals surface area contributed by atoms with Crippen molar-refractivity contribution in [2.75, 3.05) is 15.4 Å². The summed E-state index contributed by atoms with van der Waals surface area (Å²) in [7, 11) is -3.75. The van der Waals surface area contributed by atoms with Crippen molar-refractivity contribution in [2.24, 2.45) is 0 Å². The molecule has 3 aromatic carbocycles. The third-order valence-electron chi connectivity index (χ3n) is 5.61. The lowest BCUT2D eigenvalue weighted by atomic mass is 10.0. The predicted octanol–water partition coefficient (Wildman–Crippen LogP) is 5.83. The predicted molar refractivity (Wildman–Crippen MR) is 136 cm³/mol. The Kier molecular flexibility index (Phi) is 5.85. The molecule has 6 bridgehead atoms. The normalized spacial score (nSPS) is 12.9. The molecule has 3 N–H and O–H groups in total. The molecule has 1 aliphatic heterocycles. The zero-order valence-corrected chi connectivity index (χ0v) is 19.9. The Bertz CT molecular complexity index is 1490. The fourth-order valence-electron chi connectivity index (χ4n) is 3.90. The van der Waals surface area contributed by atoms with Crippen LogP contribution in [0.15, 0.2) is 77.8 Å². The van der Waals surface area contributed by atoms with Gasteiger partial charge in [-0.05, 0) is 72.9 Å². The smallest absolute Gasteiger partial charge is 0.262 e. The lowest BCUT2D eigenvalue weighted by Crippen LogP contribution is -2.15. The molecule has 0 radical (unpaired) electrons. The third-order valence-corrected chi connectivity index (χ3v) is 7.41. The molecule has 0 saturated carbocycles. The van der Waals surface area contributed by atoms with Gasteiger partial charge in [-0.3, -0.25) is 4.72 Å². The van der Waals surface area contributed by atoms with Crippen LogP contribution in [0.3, 0.4) is 0 Å². The van der Waals surface area contributed by atoms with Gasteiger partial charge in [0.25, 0.3) is 10.0 Å². The first-order valence-electron chi connectivity index (χ1n) is 10.7. The largest absolute Gasteiger partial charge is 0.339 e. The van der Waals surface area contributed by atoms with E-state index < -0.39 is 10.0 Å². The highest BCUT2D eigenvalue weighted by molar-refractivity contribution is 7.92. The van der Waals surface area contributed by atoms with Crippen LogP contribution in [0, 0.1) is 6.92 Å². The Balaban J connectivity index is 1.57. The average molecular weight is 492 g/mol. The first-order chi connectivity index (χ1) is 16.4. The summed E-state index contributed by atoms with van der Waals surface area (Å²) in [6.45, 7) is 1.78. The van der Waals surface area contributed by atoms with Crippen molar-refractivity contribution in [3.8, 4) is 0 Å². The van der Waals surface area contributed by atoms with E-state index in [4.69, 9.17) is 11.6 Å². The minimum Gasteiger partial charge on any atom is -0.339 e. The molecule has 0 aliphatic carbocycles. The van der Waals surface area contributed by atoms with Crippen LogP contribution < -0.4 is 15.4 Å². The summed E-state index contributed by atoms with van der Waals surface area (Å²) in [4.78, 5) is 9.02. The summed E-state index contributed by atoms with van der Waals surface area (Å²) >= 11 is 6.33. The number of nitrogens with zero attached hydrogens (tertiary/aromatic N) is 2. The Morgan fingerprint density at radius 1 is 0.941 bits per heavy atom. The molecule has 1 aromatic heterocycles. The van der Waals surface area contributed by atoms with Crippen molar-refractivity contribution in [1.82, 2.24) is 9.97 Å². The number of nitrogens with one attached hydrogen (secondary N) is 3. The summed E-state index contributed by atoms with van der Waals surface area (Å²) in [6, 6.07) is 20.4. The lowest BCUT2D eigenvalue weighted by molar-refractivity contribution is 0.600. The SMILES string of the molecule is Cc1ccccc1S(=O)(=O)Nc1ccc2cc1CCc1cccc(c1)Nc1ncc(Cl)c(n1)N2. The summed E-state index contributed by atoms with van der Waals surface area (Å²) in [5.74, 6) is 0.875. The van der Waals surface area contributed by atoms with E-state index >= 15 is 0 Å². The van der Waals surface area contributed by atoms with Crippen LogP contribution in [-0.2, 0) is 22.9 Å². The van der Waals surface area contributed by atoms with Gasteiger partial charge in [0.05, 0.1) is 16.8 Å². The maximum atomic E-state index is 13.2. The monoisotopic (exact) mass is 491 g/mol. The Hall–Kier alpha value is -3.62. The number of aromatic nitrogens is 2. The highest BCUT2D eigenvalue weighted by Gasteiger charge is 2.19. The van der Waals surface area contributed by atoms with E-state index in [0.29, 0.717) is 34.5 Å². The average Bonchev–Trinajstić information content (AvgIpc) is 2.81. The first kappa shape index (κ1) is 22.2. The van der Waals surface area contributed by atoms with E-state index in [1.165, 1.54) is 6.20 Å². The molecule has 0 fully saturated rings. The van der Waals surface area contributed by atoms with Crippen molar-refractivity contribution >= 4 is 50.5 Å². The number of halogens is 1. The van der Waals surface area contributed by atoms with Crippen LogP contribution in [0.25, 0.3) is 0 Å². The van der Waals surface area contributed by atoms with E-state index in [0.717, 1.165) is 28.9 Å². The summed E-state index contributed by atoms with van der Waals surface area (Å²) in [5.41, 5.74) is 4.78. The van der Waals surface area contributed by atoms with Gasteiger partial charge in [0.15, 0.2) is 5.82 Å². The van der Waals surface area contributed by atoms with Crippen molar-refractivity contribution in [2.45, 2.75) is 24.7 Å². The van der Waals surface area contributed by atoms with E-state index in [9.17, 15) is 8.42 Å². The summed E-state index contributed by atoms with van der Waals surface area (Å²) in [5, 5.41) is 6.81. The van der Waals surface area contributed by atoms with Crippen LogP contribution in [0.4, 0.5) is 28.8 Å². The second-order valence-electron chi connectivity index (χ2n) is 8.08. The molecule has 0 spiro atoms. The molecule has 0 unspecified atom stereocenters. The Morgan fingerprint density at radius 2 is 1.76 bits per heavy atom. The van der Waals surface area contributed by atoms with Crippen molar-refractivity contribution in [3.63, 3.8) is 0 Å². The van der Waals surface area contributed by atoms with Crippen LogP contribution in [0.5, 0.6) is 0 Å². The number of sulfonamides is 1. The topological polar surface area (TPSA) is 96.0 Å². The number of aryl methyl sites for hydroxylation is 3. The van der Waals surface area contributed by atoms with Gasteiger partial charge in [0.2, 0.25) is 5.95 Å². The van der Waals surface area contributed by atoms with E-state index in [1.54, 1.807) is 37.3 Å². The van der Waals surface area contributed by atoms with Gasteiger partial charge in [-0.25, -0.2) is 13.4 Å². The molecule has 2 heterocycles. The highest BCUT2D eigenvalue weighted by atomic mass is 35.5. The fourth-order valence-corrected chi connectivity index (χ4v) is 5.39. The number of hydrogen-bond donors (Lipinski definition) is 3. The molecule has 0 amide bonds. The molecule has 1 aliphatic rings. The maximum Gasteiger partial charge on any atom is 0.262 e. The molecule has 9 heteroatoms. The number of fused-ring (bicyclic) bond motifs is 6. The quantitative estimate of drug-likeness (QED) is 0.334. The maximum absolute atomic E-state index is 13.2. The molecule has 5 rings (SSSR count). The number of anilines is 5. The van der Waals surface area contributed by atoms with E-state index in [1.807, 2.05) is 36.4 Å². The van der Waals surface area contributed by atoms with Crippen molar-refractivity contribution < 1.29 is 8.42 Å². The zero-order valence-electron chi connectivity index (χ0n) is 18.3.